The predicted molar refractivity (Wildman–Crippen MR) is 67.1 cm³/mol. The molecule has 2 heterocycles. The average molecular weight is 262 g/mol. The molecule has 0 aromatic carbocycles. The number of nitrogens with zero attached hydrogens (tertiary/aromatic N) is 1. The molecule has 2 unspecified atom stereocenters. The third kappa shape index (κ3) is 3.57. The van der Waals surface area contributed by atoms with Crippen molar-refractivity contribution < 1.29 is 9.59 Å². The summed E-state index contributed by atoms with van der Waals surface area (Å²) >= 11 is 0. The minimum atomic E-state index is -0.0251. The molecule has 0 saturated carbocycles. The number of hydrogen-bond acceptors (Lipinski definition) is 3. The van der Waals surface area contributed by atoms with Gasteiger partial charge in [-0.15, -0.1) is 12.4 Å². The van der Waals surface area contributed by atoms with Crippen LogP contribution in [0.25, 0.3) is 0 Å². The van der Waals surface area contributed by atoms with Crippen molar-refractivity contribution in [3.8, 4) is 0 Å². The summed E-state index contributed by atoms with van der Waals surface area (Å²) in [6.45, 7) is 1.57. The molecular weight excluding hydrogens is 242 g/mol. The number of likely N-dealkylation sites (N-methyl/N-ethyl adjacent to an activating group) is 1. The molecule has 2 amide bonds. The Morgan fingerprint density at radius 1 is 1.47 bits per heavy atom. The Kier molecular flexibility index (Phi) is 5.21. The maximum Gasteiger partial charge on any atom is 0.237 e. The summed E-state index contributed by atoms with van der Waals surface area (Å²) < 4.78 is 0. The second-order valence-electron chi connectivity index (χ2n) is 4.67. The lowest BCUT2D eigenvalue weighted by atomic mass is 10.0. The molecule has 0 bridgehead atoms. The van der Waals surface area contributed by atoms with Gasteiger partial charge in [-0.05, 0) is 25.8 Å². The van der Waals surface area contributed by atoms with Gasteiger partial charge in [-0.1, -0.05) is 0 Å². The van der Waals surface area contributed by atoms with Crippen molar-refractivity contribution in [2.75, 3.05) is 20.1 Å². The summed E-state index contributed by atoms with van der Waals surface area (Å²) in [5, 5.41) is 6.19. The van der Waals surface area contributed by atoms with Crippen LogP contribution in [0.15, 0.2) is 0 Å². The monoisotopic (exact) mass is 261 g/mol. The number of halogens is 1. The Hall–Kier alpha value is -0.810. The van der Waals surface area contributed by atoms with Crippen molar-refractivity contribution in [2.24, 2.45) is 0 Å². The number of amides is 2. The second kappa shape index (κ2) is 6.21. The number of carbonyl (C=O) groups excluding carboxylic acids is 2. The van der Waals surface area contributed by atoms with Crippen LogP contribution in [-0.2, 0) is 9.59 Å². The van der Waals surface area contributed by atoms with Crippen LogP contribution >= 0.6 is 12.4 Å². The minimum Gasteiger partial charge on any atom is -0.350 e. The predicted octanol–water partition coefficient (Wildman–Crippen LogP) is -0.103. The van der Waals surface area contributed by atoms with Crippen molar-refractivity contribution >= 4 is 24.2 Å². The van der Waals surface area contributed by atoms with Gasteiger partial charge in [0.15, 0.2) is 0 Å². The Morgan fingerprint density at radius 2 is 2.24 bits per heavy atom. The van der Waals surface area contributed by atoms with Gasteiger partial charge in [-0.25, -0.2) is 0 Å². The number of hydrogen-bond donors (Lipinski definition) is 2. The molecule has 2 saturated heterocycles. The fraction of sp³-hybridized carbons (Fsp3) is 0.818. The molecule has 0 aliphatic carbocycles. The van der Waals surface area contributed by atoms with Crippen LogP contribution < -0.4 is 10.6 Å². The van der Waals surface area contributed by atoms with Gasteiger partial charge in [0.2, 0.25) is 11.8 Å². The Labute approximate surface area is 108 Å². The first-order chi connectivity index (χ1) is 7.66. The lowest BCUT2D eigenvalue weighted by Crippen LogP contribution is -2.52. The van der Waals surface area contributed by atoms with Gasteiger partial charge in [0, 0.05) is 26.1 Å². The molecule has 17 heavy (non-hydrogen) atoms. The van der Waals surface area contributed by atoms with E-state index in [1.54, 1.807) is 11.9 Å². The molecule has 6 heteroatoms. The molecule has 0 aromatic heterocycles. The standard InChI is InChI=1S/C11H19N3O2.ClH/c1-14-7-8(4-5-10(14)15)13-11(16)9-3-2-6-12-9;/h8-9,12H,2-7H2,1H3,(H,13,16);1H. The van der Waals surface area contributed by atoms with Gasteiger partial charge in [0.25, 0.3) is 0 Å². The van der Waals surface area contributed by atoms with Crippen molar-refractivity contribution in [3.05, 3.63) is 0 Å². The van der Waals surface area contributed by atoms with Crippen molar-refractivity contribution in [1.29, 1.82) is 0 Å². The molecule has 2 N–H and O–H groups in total. The van der Waals surface area contributed by atoms with E-state index in [1.807, 2.05) is 0 Å². The molecule has 2 aliphatic rings. The van der Waals surface area contributed by atoms with E-state index < -0.39 is 0 Å². The van der Waals surface area contributed by atoms with Crippen LogP contribution in [0.2, 0.25) is 0 Å². The molecule has 5 nitrogen and oxygen atoms in total. The molecular formula is C11H20ClN3O2. The summed E-state index contributed by atoms with van der Waals surface area (Å²) in [7, 11) is 1.79. The largest absolute Gasteiger partial charge is 0.350 e. The number of piperidine rings is 1. The average Bonchev–Trinajstić information content (AvgIpc) is 2.77. The third-order valence-corrected chi connectivity index (χ3v) is 3.35. The fourth-order valence-electron chi connectivity index (χ4n) is 2.34. The van der Waals surface area contributed by atoms with Crippen LogP contribution in [0.4, 0.5) is 0 Å². The zero-order valence-electron chi connectivity index (χ0n) is 10.1. The second-order valence-corrected chi connectivity index (χ2v) is 4.67. The highest BCUT2D eigenvalue weighted by Crippen LogP contribution is 2.11. The number of rotatable bonds is 2. The molecule has 2 atom stereocenters. The highest BCUT2D eigenvalue weighted by atomic mass is 35.5. The zero-order chi connectivity index (χ0) is 11.5. The summed E-state index contributed by atoms with van der Waals surface area (Å²) in [5.74, 6) is 0.259. The molecule has 2 rings (SSSR count). The fourth-order valence-corrected chi connectivity index (χ4v) is 2.34. The van der Waals surface area contributed by atoms with Crippen molar-refractivity contribution in [3.63, 3.8) is 0 Å². The van der Waals surface area contributed by atoms with Gasteiger partial charge < -0.3 is 15.5 Å². The van der Waals surface area contributed by atoms with Crippen LogP contribution in [0.3, 0.4) is 0 Å². The zero-order valence-corrected chi connectivity index (χ0v) is 10.9. The summed E-state index contributed by atoms with van der Waals surface area (Å²) in [5.41, 5.74) is 0. The van der Waals surface area contributed by atoms with E-state index in [2.05, 4.69) is 10.6 Å². The SMILES string of the molecule is CN1CC(NC(=O)C2CCCN2)CCC1=O.Cl. The molecule has 0 spiro atoms. The van der Waals surface area contributed by atoms with Gasteiger partial charge in [-0.3, -0.25) is 9.59 Å². The molecule has 2 aliphatic heterocycles. The molecule has 98 valence electrons. The summed E-state index contributed by atoms with van der Waals surface area (Å²) in [4.78, 5) is 24.8. The molecule has 2 fully saturated rings. The Balaban J connectivity index is 0.00000144. The first-order valence-corrected chi connectivity index (χ1v) is 5.94. The number of nitrogens with one attached hydrogen (secondary N) is 2. The van der Waals surface area contributed by atoms with Gasteiger partial charge in [0.05, 0.1) is 6.04 Å². The normalized spacial score (nSPS) is 28.8. The number of carbonyl (C=O) groups is 2. The van der Waals surface area contributed by atoms with Crippen molar-refractivity contribution in [2.45, 2.75) is 37.8 Å². The third-order valence-electron chi connectivity index (χ3n) is 3.35. The van der Waals surface area contributed by atoms with E-state index in [9.17, 15) is 9.59 Å². The maximum atomic E-state index is 11.8. The van der Waals surface area contributed by atoms with E-state index in [4.69, 9.17) is 0 Å². The van der Waals surface area contributed by atoms with E-state index in [-0.39, 0.29) is 36.3 Å². The summed E-state index contributed by atoms with van der Waals surface area (Å²) in [6.07, 6.45) is 3.30. The van der Waals surface area contributed by atoms with Crippen LogP contribution in [0.5, 0.6) is 0 Å². The molecule has 0 aromatic rings. The van der Waals surface area contributed by atoms with E-state index >= 15 is 0 Å². The Bertz CT molecular complexity index is 292. The first-order valence-electron chi connectivity index (χ1n) is 5.94. The van der Waals surface area contributed by atoms with Gasteiger partial charge >= 0.3 is 0 Å². The van der Waals surface area contributed by atoms with Gasteiger partial charge in [0.1, 0.15) is 0 Å². The van der Waals surface area contributed by atoms with E-state index in [0.29, 0.717) is 13.0 Å². The lowest BCUT2D eigenvalue weighted by Gasteiger charge is -2.30. The Morgan fingerprint density at radius 3 is 2.82 bits per heavy atom. The quantitative estimate of drug-likeness (QED) is 0.730. The van der Waals surface area contributed by atoms with E-state index in [0.717, 1.165) is 25.8 Å². The van der Waals surface area contributed by atoms with Crippen LogP contribution in [0, 0.1) is 0 Å². The number of likely N-dealkylation sites (tertiary alicyclic amines) is 1. The summed E-state index contributed by atoms with van der Waals surface area (Å²) in [6, 6.07) is 0.0977. The lowest BCUT2D eigenvalue weighted by molar-refractivity contribution is -0.134. The van der Waals surface area contributed by atoms with E-state index in [1.165, 1.54) is 0 Å². The van der Waals surface area contributed by atoms with Crippen molar-refractivity contribution in [1.82, 2.24) is 15.5 Å². The maximum absolute atomic E-state index is 11.8. The highest BCUT2D eigenvalue weighted by molar-refractivity contribution is 5.85. The minimum absolute atomic E-state index is 0. The topological polar surface area (TPSA) is 61.4 Å². The molecule has 0 radical (unpaired) electrons. The first kappa shape index (κ1) is 14.3. The van der Waals surface area contributed by atoms with Gasteiger partial charge in [-0.2, -0.15) is 0 Å². The highest BCUT2D eigenvalue weighted by Gasteiger charge is 2.27. The van der Waals surface area contributed by atoms with Crippen LogP contribution in [-0.4, -0.2) is 48.9 Å². The van der Waals surface area contributed by atoms with Crippen LogP contribution in [0.1, 0.15) is 25.7 Å². The smallest absolute Gasteiger partial charge is 0.237 e.